The normalized spacial score (nSPS) is 30.6. The number of fused-ring (bicyclic) bond motifs is 3. The molecule has 2 saturated heterocycles. The zero-order valence-corrected chi connectivity index (χ0v) is 25.2. The number of para-hydroxylation sites is 1. The lowest BCUT2D eigenvalue weighted by Gasteiger charge is -2.36. The summed E-state index contributed by atoms with van der Waals surface area (Å²) < 4.78 is 0.273. The molecule has 0 bridgehead atoms. The van der Waals surface area contributed by atoms with Crippen LogP contribution < -0.4 is 0 Å². The number of rotatable bonds is 10. The molecule has 1 N–H and O–H groups in total. The maximum Gasteiger partial charge on any atom is 0.248 e. The lowest BCUT2D eigenvalue weighted by molar-refractivity contribution is -0.145. The second-order valence-corrected chi connectivity index (χ2v) is 13.8. The van der Waals surface area contributed by atoms with Crippen LogP contribution in [0, 0.1) is 11.8 Å². The number of carbonyl (C=O) groups excluding carboxylic acids is 3. The zero-order chi connectivity index (χ0) is 29.5. The smallest absolute Gasteiger partial charge is 0.248 e. The molecule has 1 aromatic heterocycles. The van der Waals surface area contributed by atoms with Crippen molar-refractivity contribution >= 4 is 40.5 Å². The van der Waals surface area contributed by atoms with E-state index in [9.17, 15) is 19.5 Å². The van der Waals surface area contributed by atoms with Crippen LogP contribution in [-0.2, 0) is 21.1 Å². The van der Waals surface area contributed by atoms with Crippen LogP contribution in [0.4, 0.5) is 0 Å². The molecule has 2 fully saturated rings. The number of hydrogen-bond donors (Lipinski definition) is 1. The topological polar surface area (TPSA) is 112 Å². The predicted molar refractivity (Wildman–Crippen MR) is 161 cm³/mol. The van der Waals surface area contributed by atoms with Crippen LogP contribution >= 0.6 is 11.8 Å². The summed E-state index contributed by atoms with van der Waals surface area (Å²) in [6.07, 6.45) is 12.2. The van der Waals surface area contributed by atoms with Gasteiger partial charge in [0.15, 0.2) is 0 Å². The van der Waals surface area contributed by atoms with Crippen molar-refractivity contribution in [3.8, 4) is 0 Å². The van der Waals surface area contributed by atoms with Gasteiger partial charge in [-0.15, -0.1) is 16.9 Å². The van der Waals surface area contributed by atoms with Crippen LogP contribution in [0.5, 0.6) is 0 Å². The molecule has 2 aromatic rings. The maximum atomic E-state index is 14.6. The van der Waals surface area contributed by atoms with E-state index < -0.39 is 27.4 Å². The highest BCUT2D eigenvalue weighted by atomic mass is 32.2. The van der Waals surface area contributed by atoms with Crippen molar-refractivity contribution in [3.63, 3.8) is 0 Å². The summed E-state index contributed by atoms with van der Waals surface area (Å²) in [5.74, 6) is -1.40. The number of aliphatic hydroxyl groups is 1. The monoisotopic (exact) mass is 592 g/mol. The van der Waals surface area contributed by atoms with Gasteiger partial charge in [0.25, 0.3) is 0 Å². The molecule has 0 radical (unpaired) electrons. The first-order valence-corrected chi connectivity index (χ1v) is 16.0. The first-order chi connectivity index (χ1) is 20.3. The number of unbranched alkanes of at least 4 members (excludes halogenated alkanes) is 3. The molecule has 6 rings (SSSR count). The van der Waals surface area contributed by atoms with Crippen molar-refractivity contribution in [1.82, 2.24) is 29.7 Å². The molecule has 1 spiro atoms. The molecule has 1 unspecified atom stereocenters. The molecule has 0 saturated carbocycles. The molecule has 4 aliphatic rings. The fourth-order valence-corrected chi connectivity index (χ4v) is 9.55. The Labute approximate surface area is 250 Å². The maximum absolute atomic E-state index is 14.6. The van der Waals surface area contributed by atoms with Gasteiger partial charge in [-0.25, -0.2) is 4.68 Å². The minimum absolute atomic E-state index is 0.00616. The highest BCUT2D eigenvalue weighted by Gasteiger charge is 2.73. The summed E-state index contributed by atoms with van der Waals surface area (Å²) >= 11 is 1.62. The summed E-state index contributed by atoms with van der Waals surface area (Å²) in [4.78, 5) is 48.6. The van der Waals surface area contributed by atoms with Crippen molar-refractivity contribution in [2.45, 2.75) is 68.2 Å². The third kappa shape index (κ3) is 4.65. The summed E-state index contributed by atoms with van der Waals surface area (Å²) in [6.45, 7) is 6.48. The van der Waals surface area contributed by atoms with Crippen molar-refractivity contribution in [2.75, 3.05) is 32.8 Å². The third-order valence-electron chi connectivity index (χ3n) is 9.25. The van der Waals surface area contributed by atoms with E-state index in [0.29, 0.717) is 26.2 Å². The minimum atomic E-state index is -0.854. The van der Waals surface area contributed by atoms with Crippen LogP contribution in [0.2, 0.25) is 0 Å². The molecule has 224 valence electrons. The van der Waals surface area contributed by atoms with Gasteiger partial charge in [-0.2, -0.15) is 0 Å². The summed E-state index contributed by atoms with van der Waals surface area (Å²) in [5.41, 5.74) is 1.60. The van der Waals surface area contributed by atoms with E-state index in [0.717, 1.165) is 43.1 Å². The molecule has 11 heteroatoms. The summed E-state index contributed by atoms with van der Waals surface area (Å²) in [7, 11) is 0. The highest BCUT2D eigenvalue weighted by Crippen LogP contribution is 2.65. The van der Waals surface area contributed by atoms with E-state index in [1.54, 1.807) is 26.2 Å². The lowest BCUT2D eigenvalue weighted by atomic mass is 9.74. The molecule has 5 heterocycles. The largest absolute Gasteiger partial charge is 0.396 e. The quantitative estimate of drug-likeness (QED) is 0.334. The van der Waals surface area contributed by atoms with Crippen LogP contribution in [-0.4, -0.2) is 101 Å². The van der Waals surface area contributed by atoms with Crippen molar-refractivity contribution in [2.24, 2.45) is 11.8 Å². The van der Waals surface area contributed by atoms with E-state index in [2.05, 4.69) is 42.4 Å². The lowest BCUT2D eigenvalue weighted by Crippen LogP contribution is -2.53. The molecular weight excluding hydrogens is 552 g/mol. The Morgan fingerprint density at radius 3 is 2.50 bits per heavy atom. The molecule has 42 heavy (non-hydrogen) atoms. The third-order valence-corrected chi connectivity index (χ3v) is 11.0. The van der Waals surface area contributed by atoms with Crippen LogP contribution in [0.1, 0.15) is 46.0 Å². The van der Waals surface area contributed by atoms with Gasteiger partial charge in [0.1, 0.15) is 18.2 Å². The number of thioether (sulfide) groups is 1. The second-order valence-electron chi connectivity index (χ2n) is 12.0. The molecular formula is C31H40N6O4S. The number of amides is 3. The number of carbonyl (C=O) groups is 3. The Bertz CT molecular complexity index is 1430. The number of aromatic nitrogens is 3. The fourth-order valence-electron chi connectivity index (χ4n) is 7.39. The average molecular weight is 593 g/mol. The Kier molecular flexibility index (Phi) is 7.91. The number of nitrogens with zero attached hydrogens (tertiary/aromatic N) is 6. The standard InChI is InChI=1S/C31H40N6O4S/c1-3-16-34-17-10-14-30(2)24(27(34)39)25-28(40)36(19-8-4-5-9-20-38)26-29(41)35(18-11-15-31(25,26)42-30)21-37-23-13-7-6-12-22(23)32-33-37/h6-7,10-15,24-26,38H,3-5,8-9,16-21H2,1-2H3/t24-,25-,26?,30+,31-/m0/s1. The van der Waals surface area contributed by atoms with E-state index >= 15 is 0 Å². The van der Waals surface area contributed by atoms with Gasteiger partial charge >= 0.3 is 0 Å². The van der Waals surface area contributed by atoms with Crippen molar-refractivity contribution in [1.29, 1.82) is 0 Å². The van der Waals surface area contributed by atoms with Gasteiger partial charge in [0, 0.05) is 37.5 Å². The molecule has 3 amide bonds. The van der Waals surface area contributed by atoms with Gasteiger partial charge in [0.05, 0.1) is 22.1 Å². The van der Waals surface area contributed by atoms with E-state index in [1.807, 2.05) is 35.2 Å². The highest BCUT2D eigenvalue weighted by molar-refractivity contribution is 8.02. The minimum Gasteiger partial charge on any atom is -0.396 e. The molecule has 5 atom stereocenters. The van der Waals surface area contributed by atoms with Gasteiger partial charge < -0.3 is 19.8 Å². The van der Waals surface area contributed by atoms with Crippen LogP contribution in [0.15, 0.2) is 48.6 Å². The summed E-state index contributed by atoms with van der Waals surface area (Å²) in [5, 5.41) is 17.8. The van der Waals surface area contributed by atoms with E-state index in [1.165, 1.54) is 0 Å². The summed E-state index contributed by atoms with van der Waals surface area (Å²) in [6, 6.07) is 6.93. The molecule has 1 aromatic carbocycles. The molecule has 10 nitrogen and oxygen atoms in total. The predicted octanol–water partition coefficient (Wildman–Crippen LogP) is 2.84. The first kappa shape index (κ1) is 28.9. The van der Waals surface area contributed by atoms with Gasteiger partial charge in [-0.05, 0) is 38.3 Å². The van der Waals surface area contributed by atoms with E-state index in [-0.39, 0.29) is 31.0 Å². The first-order valence-electron chi connectivity index (χ1n) is 15.2. The van der Waals surface area contributed by atoms with Gasteiger partial charge in [-0.1, -0.05) is 61.4 Å². The van der Waals surface area contributed by atoms with Crippen molar-refractivity contribution in [3.05, 3.63) is 48.6 Å². The SMILES string of the molecule is CCCN1CC=C[C@@]2(C)S[C@]34C=CCN(Cn5nnc6ccccc65)C(=O)C3N(CCCCCCO)C(=O)[C@@H]4[C@H]2C1=O. The Morgan fingerprint density at radius 2 is 1.69 bits per heavy atom. The number of likely N-dealkylation sites (tertiary alicyclic amines) is 1. The fraction of sp³-hybridized carbons (Fsp3) is 0.581. The number of hydrogen-bond acceptors (Lipinski definition) is 7. The van der Waals surface area contributed by atoms with Crippen LogP contribution in [0.3, 0.4) is 0 Å². The average Bonchev–Trinajstić information content (AvgIpc) is 3.50. The zero-order valence-electron chi connectivity index (χ0n) is 24.4. The number of benzene rings is 1. The van der Waals surface area contributed by atoms with Gasteiger partial charge in [0.2, 0.25) is 17.7 Å². The molecule has 4 aliphatic heterocycles. The van der Waals surface area contributed by atoms with Crippen LogP contribution in [0.25, 0.3) is 11.0 Å². The van der Waals surface area contributed by atoms with E-state index in [4.69, 9.17) is 0 Å². The number of aliphatic hydroxyl groups excluding tert-OH is 1. The molecule has 0 aliphatic carbocycles. The van der Waals surface area contributed by atoms with Crippen molar-refractivity contribution < 1.29 is 19.5 Å². The Hall–Kier alpha value is -3.18. The Morgan fingerprint density at radius 1 is 0.929 bits per heavy atom. The second kappa shape index (κ2) is 11.5. The Balaban J connectivity index is 1.37. The van der Waals surface area contributed by atoms with Gasteiger partial charge in [-0.3, -0.25) is 14.4 Å².